The molecule has 3 heterocycles. The lowest BCUT2D eigenvalue weighted by Gasteiger charge is -2.48. The van der Waals surface area contributed by atoms with Gasteiger partial charge in [0.15, 0.2) is 0 Å². The van der Waals surface area contributed by atoms with Gasteiger partial charge in [0, 0.05) is 57.8 Å². The van der Waals surface area contributed by atoms with Gasteiger partial charge in [-0.2, -0.15) is 0 Å². The predicted octanol–water partition coefficient (Wildman–Crippen LogP) is 2.37. The van der Waals surface area contributed by atoms with Crippen molar-refractivity contribution in [3.05, 3.63) is 0 Å². The smallest absolute Gasteiger partial charge is 0.275 e. The van der Waals surface area contributed by atoms with Gasteiger partial charge >= 0.3 is 0 Å². The number of likely N-dealkylation sites (tertiary alicyclic amines) is 2. The van der Waals surface area contributed by atoms with Crippen molar-refractivity contribution >= 4 is 5.91 Å². The Kier molecular flexibility index (Phi) is 7.32. The highest BCUT2D eigenvalue weighted by molar-refractivity contribution is 5.78. The van der Waals surface area contributed by atoms with E-state index in [-0.39, 0.29) is 18.4 Å². The van der Waals surface area contributed by atoms with Crippen LogP contribution in [0.5, 0.6) is 0 Å². The van der Waals surface area contributed by atoms with Crippen molar-refractivity contribution in [1.29, 1.82) is 0 Å². The number of hydrogen-bond donors (Lipinski definition) is 0. The van der Waals surface area contributed by atoms with Crippen LogP contribution in [-0.4, -0.2) is 102 Å². The second kappa shape index (κ2) is 9.35. The molecule has 3 saturated heterocycles. The number of carbonyl (C=O) groups excluding carboxylic acids is 1. The van der Waals surface area contributed by atoms with E-state index in [0.29, 0.717) is 12.5 Å². The number of carbonyl (C=O) groups is 1. The number of piperazine rings is 1. The molecule has 162 valence electrons. The van der Waals surface area contributed by atoms with E-state index in [1.54, 1.807) is 0 Å². The Morgan fingerprint density at radius 2 is 1.61 bits per heavy atom. The van der Waals surface area contributed by atoms with E-state index in [1.807, 2.05) is 30.6 Å². The van der Waals surface area contributed by atoms with E-state index >= 15 is 0 Å². The number of amides is 1. The summed E-state index contributed by atoms with van der Waals surface area (Å²) in [5.41, 5.74) is 0. The van der Waals surface area contributed by atoms with Gasteiger partial charge in [0.05, 0.1) is 12.6 Å². The van der Waals surface area contributed by atoms with Gasteiger partial charge in [-0.1, -0.05) is 20.8 Å². The lowest BCUT2D eigenvalue weighted by molar-refractivity contribution is -0.138. The topological polar surface area (TPSA) is 30.0 Å². The molecule has 0 aliphatic carbocycles. The molecule has 7 heteroatoms. The van der Waals surface area contributed by atoms with Gasteiger partial charge in [-0.3, -0.25) is 19.5 Å². The molecule has 1 unspecified atom stereocenters. The molecule has 28 heavy (non-hydrogen) atoms. The van der Waals surface area contributed by atoms with Gasteiger partial charge < -0.3 is 4.90 Å². The van der Waals surface area contributed by atoms with Crippen LogP contribution >= 0.6 is 0 Å². The molecule has 5 nitrogen and oxygen atoms in total. The molecule has 1 atom stereocenters. The van der Waals surface area contributed by atoms with Gasteiger partial charge in [0.1, 0.15) is 0 Å². The summed E-state index contributed by atoms with van der Waals surface area (Å²) in [5.74, 6) is -2.31. The first-order chi connectivity index (χ1) is 13.3. The van der Waals surface area contributed by atoms with Gasteiger partial charge in [0.25, 0.3) is 5.92 Å². The van der Waals surface area contributed by atoms with Gasteiger partial charge in [0.2, 0.25) is 5.91 Å². The van der Waals surface area contributed by atoms with E-state index in [4.69, 9.17) is 0 Å². The number of rotatable bonds is 5. The minimum atomic E-state index is -2.61. The number of alkyl halides is 2. The molecule has 3 aliphatic heterocycles. The first kappa shape index (κ1) is 21.9. The zero-order chi connectivity index (χ0) is 20.3. The van der Waals surface area contributed by atoms with Crippen LogP contribution in [0.25, 0.3) is 0 Å². The van der Waals surface area contributed by atoms with Crippen molar-refractivity contribution in [2.75, 3.05) is 58.9 Å². The molecule has 0 saturated carbocycles. The fourth-order valence-electron chi connectivity index (χ4n) is 5.19. The first-order valence-electron chi connectivity index (χ1n) is 11.2. The SMILES string of the molecule is CCCN1CCC(N2CCC(N3CCN(C(=O)C(C)C)CC3)CC2)C(F)(F)C1. The lowest BCUT2D eigenvalue weighted by Crippen LogP contribution is -2.61. The van der Waals surface area contributed by atoms with Crippen molar-refractivity contribution in [2.24, 2.45) is 5.92 Å². The van der Waals surface area contributed by atoms with E-state index in [2.05, 4.69) is 9.80 Å². The molecular formula is C21H38F2N4O. The molecule has 0 bridgehead atoms. The third-order valence-electron chi connectivity index (χ3n) is 6.76. The average molecular weight is 401 g/mol. The van der Waals surface area contributed by atoms with Crippen LogP contribution in [0.2, 0.25) is 0 Å². The predicted molar refractivity (Wildman–Crippen MR) is 108 cm³/mol. The molecule has 3 rings (SSSR count). The van der Waals surface area contributed by atoms with Crippen LogP contribution in [0.1, 0.15) is 46.5 Å². The number of piperidine rings is 2. The Balaban J connectivity index is 1.46. The highest BCUT2D eigenvalue weighted by Crippen LogP contribution is 2.33. The second-order valence-corrected chi connectivity index (χ2v) is 9.12. The standard InChI is InChI=1S/C21H38F2N4O/c1-4-8-24-9-7-19(21(22,23)16-24)26-10-5-18(6-11-26)25-12-14-27(15-13-25)20(28)17(2)3/h17-19H,4-16H2,1-3H3. The average Bonchev–Trinajstić information content (AvgIpc) is 2.67. The van der Waals surface area contributed by atoms with Crippen molar-refractivity contribution in [3.63, 3.8) is 0 Å². The Morgan fingerprint density at radius 3 is 2.14 bits per heavy atom. The maximum Gasteiger partial charge on any atom is 0.275 e. The van der Waals surface area contributed by atoms with Gasteiger partial charge in [-0.15, -0.1) is 0 Å². The highest BCUT2D eigenvalue weighted by Gasteiger charge is 2.47. The lowest BCUT2D eigenvalue weighted by atomic mass is 9.94. The maximum atomic E-state index is 14.7. The molecule has 3 aliphatic rings. The molecule has 1 amide bonds. The summed E-state index contributed by atoms with van der Waals surface area (Å²) in [4.78, 5) is 20.6. The summed E-state index contributed by atoms with van der Waals surface area (Å²) >= 11 is 0. The van der Waals surface area contributed by atoms with E-state index < -0.39 is 12.0 Å². The van der Waals surface area contributed by atoms with Crippen molar-refractivity contribution in [1.82, 2.24) is 19.6 Å². The van der Waals surface area contributed by atoms with Crippen molar-refractivity contribution in [3.8, 4) is 0 Å². The third kappa shape index (κ3) is 5.03. The minimum Gasteiger partial charge on any atom is -0.340 e. The third-order valence-corrected chi connectivity index (χ3v) is 6.76. The van der Waals surface area contributed by atoms with E-state index in [9.17, 15) is 13.6 Å². The summed E-state index contributed by atoms with van der Waals surface area (Å²) in [7, 11) is 0. The minimum absolute atomic E-state index is 0.0557. The van der Waals surface area contributed by atoms with Crippen LogP contribution in [0, 0.1) is 5.92 Å². The Hall–Kier alpha value is -0.790. The number of halogens is 2. The molecule has 0 aromatic heterocycles. The fourth-order valence-corrected chi connectivity index (χ4v) is 5.19. The number of nitrogens with zero attached hydrogens (tertiary/aromatic N) is 4. The molecule has 0 radical (unpaired) electrons. The van der Waals surface area contributed by atoms with Crippen LogP contribution in [0.15, 0.2) is 0 Å². The Bertz CT molecular complexity index is 515. The molecule has 0 aromatic rings. The zero-order valence-electron chi connectivity index (χ0n) is 17.9. The second-order valence-electron chi connectivity index (χ2n) is 9.12. The van der Waals surface area contributed by atoms with Crippen molar-refractivity contribution < 1.29 is 13.6 Å². The van der Waals surface area contributed by atoms with Gasteiger partial charge in [-0.05, 0) is 32.2 Å². The van der Waals surface area contributed by atoms with Crippen LogP contribution in [0.4, 0.5) is 8.78 Å². The maximum absolute atomic E-state index is 14.7. The molecule has 0 aromatic carbocycles. The highest BCUT2D eigenvalue weighted by atomic mass is 19.3. The zero-order valence-corrected chi connectivity index (χ0v) is 17.9. The molecular weight excluding hydrogens is 362 g/mol. The first-order valence-corrected chi connectivity index (χ1v) is 11.2. The molecule has 0 spiro atoms. The summed E-state index contributed by atoms with van der Waals surface area (Å²) in [6.45, 7) is 12.4. The summed E-state index contributed by atoms with van der Waals surface area (Å²) in [6.07, 6.45) is 3.43. The Morgan fingerprint density at radius 1 is 0.964 bits per heavy atom. The molecule has 3 fully saturated rings. The van der Waals surface area contributed by atoms with Crippen LogP contribution in [-0.2, 0) is 4.79 Å². The van der Waals surface area contributed by atoms with Gasteiger partial charge in [-0.25, -0.2) is 8.78 Å². The monoisotopic (exact) mass is 400 g/mol. The normalized spacial score (nSPS) is 28.8. The summed E-state index contributed by atoms with van der Waals surface area (Å²) in [6, 6.07) is -0.122. The largest absolute Gasteiger partial charge is 0.340 e. The fraction of sp³-hybridized carbons (Fsp3) is 0.952. The van der Waals surface area contributed by atoms with E-state index in [0.717, 1.165) is 71.6 Å². The van der Waals surface area contributed by atoms with Crippen LogP contribution < -0.4 is 0 Å². The number of hydrogen-bond acceptors (Lipinski definition) is 4. The van der Waals surface area contributed by atoms with E-state index in [1.165, 1.54) is 0 Å². The van der Waals surface area contributed by atoms with Crippen molar-refractivity contribution in [2.45, 2.75) is 64.5 Å². The Labute approximate surface area is 169 Å². The van der Waals surface area contributed by atoms with Crippen LogP contribution in [0.3, 0.4) is 0 Å². The molecule has 0 N–H and O–H groups in total. The summed E-state index contributed by atoms with van der Waals surface area (Å²) in [5, 5.41) is 0. The summed E-state index contributed by atoms with van der Waals surface area (Å²) < 4.78 is 29.5. The quantitative estimate of drug-likeness (QED) is 0.709.